The number of guanidine groups is 1. The summed E-state index contributed by atoms with van der Waals surface area (Å²) in [5.41, 5.74) is 11.7. The van der Waals surface area contributed by atoms with E-state index in [9.17, 15) is 43.2 Å². The molecule has 21 nitrogen and oxygen atoms in total. The number of nitrogens with one attached hydrogen (secondary N) is 9. The molecule has 73 heavy (non-hydrogen) atoms. The molecular formula is C47H63ClN12O9S4. The summed E-state index contributed by atoms with van der Waals surface area (Å²) in [4.78, 5) is 128. The summed E-state index contributed by atoms with van der Waals surface area (Å²) in [6, 6.07) is 5.28. The number of amides is 9. The lowest BCUT2D eigenvalue weighted by atomic mass is 10.0. The number of thioether (sulfide) groups is 2. The van der Waals surface area contributed by atoms with Crippen LogP contribution in [0.15, 0.2) is 59.3 Å². The summed E-state index contributed by atoms with van der Waals surface area (Å²) in [5, 5.41) is 33.5. The van der Waals surface area contributed by atoms with Crippen LogP contribution in [-0.4, -0.2) is 136 Å². The number of hydrogen-bond donors (Lipinski definition) is 11. The van der Waals surface area contributed by atoms with Crippen LogP contribution < -0.4 is 54.0 Å². The summed E-state index contributed by atoms with van der Waals surface area (Å²) in [6.07, 6.45) is 0.152. The van der Waals surface area contributed by atoms with Crippen LogP contribution in [0, 0.1) is 11.3 Å². The molecular weight excluding hydrogens is 1040 g/mol. The second kappa shape index (κ2) is 29.1. The van der Waals surface area contributed by atoms with Crippen molar-refractivity contribution in [3.63, 3.8) is 0 Å². The molecule has 26 heteroatoms. The predicted molar refractivity (Wildman–Crippen MR) is 283 cm³/mol. The zero-order valence-corrected chi connectivity index (χ0v) is 44.4. The van der Waals surface area contributed by atoms with E-state index in [1.165, 1.54) is 51.1 Å². The maximum atomic E-state index is 14.6. The third kappa shape index (κ3) is 18.8. The molecule has 1 aromatic carbocycles. The molecule has 7 atom stereocenters. The predicted octanol–water partition coefficient (Wildman–Crippen LogP) is 0.697. The van der Waals surface area contributed by atoms with Crippen LogP contribution in [0.1, 0.15) is 61.3 Å². The number of hydrogen-bond acceptors (Lipinski definition) is 14. The average Bonchev–Trinajstić information content (AvgIpc) is 4.17. The molecule has 0 bridgehead atoms. The van der Waals surface area contributed by atoms with Gasteiger partial charge in [-0.05, 0) is 71.5 Å². The quantitative estimate of drug-likeness (QED) is 0.0505. The Morgan fingerprint density at radius 1 is 0.795 bits per heavy atom. The molecule has 0 radical (unpaired) electrons. The van der Waals surface area contributed by atoms with Gasteiger partial charge in [-0.2, -0.15) is 11.8 Å². The van der Waals surface area contributed by atoms with E-state index in [1.54, 1.807) is 50.2 Å². The third-order valence-corrected chi connectivity index (χ3v) is 15.8. The number of nitrogens with two attached hydrogens (primary N) is 2. The smallest absolute Gasteiger partial charge is 0.247 e. The van der Waals surface area contributed by atoms with Gasteiger partial charge in [0, 0.05) is 52.1 Å². The molecule has 0 unspecified atom stereocenters. The van der Waals surface area contributed by atoms with Crippen molar-refractivity contribution in [2.75, 3.05) is 29.7 Å². The number of rotatable bonds is 17. The molecule has 2 aliphatic heterocycles. The van der Waals surface area contributed by atoms with Gasteiger partial charge < -0.3 is 58.9 Å². The number of carbonyl (C=O) groups is 9. The Morgan fingerprint density at radius 3 is 2.11 bits per heavy atom. The minimum absolute atomic E-state index is 0.0342. The Kier molecular flexibility index (Phi) is 23.1. The standard InChI is InChI=1S/C47H63ClN12O9S4/c1-26(2)39-45(68)57-34(21-37(49)61)42(65)58-35(46(69)60-25-71-24-36(60)44(67)55-31(9-3-15-52-47(50)51)40(63)53-22-30-8-5-18-73-30)23-70-16-6-10-38(62)54-32(19-27-11-13-28(48)14-12-27)41(64)56-33(43(66)59-39)20-29-7-4-17-72-29/h4-5,7-8,11-14,17-18,26,31-36,39H,3,6,9-10,15-16,19-25H2,1-2H3,(H2,49,61)(H,53,63)(H,54,62)(H,55,67)(H,56,64)(H,57,68)(H,58,65)(H,59,66)(H4,50,51,52)/t31-,32+,33+,34+,35+,36+,39+/m1/s1. The first-order valence-electron chi connectivity index (χ1n) is 23.6. The summed E-state index contributed by atoms with van der Waals surface area (Å²) < 4.78 is 0. The molecule has 3 aromatic rings. The van der Waals surface area contributed by atoms with Crippen molar-refractivity contribution in [1.82, 2.24) is 47.4 Å². The first-order chi connectivity index (χ1) is 34.9. The highest BCUT2D eigenvalue weighted by atomic mass is 35.5. The van der Waals surface area contributed by atoms with Gasteiger partial charge in [0.1, 0.15) is 42.3 Å². The van der Waals surface area contributed by atoms with Crippen molar-refractivity contribution in [2.24, 2.45) is 17.4 Å². The second-order valence-electron chi connectivity index (χ2n) is 17.7. The summed E-state index contributed by atoms with van der Waals surface area (Å²) in [5.74, 6) is -6.79. The van der Waals surface area contributed by atoms with Crippen LogP contribution in [0.3, 0.4) is 0 Å². The Hall–Kier alpha value is -5.89. The minimum atomic E-state index is -1.62. The third-order valence-electron chi connectivity index (χ3n) is 11.6. The van der Waals surface area contributed by atoms with Crippen molar-refractivity contribution >= 4 is 117 Å². The van der Waals surface area contributed by atoms with E-state index in [4.69, 9.17) is 28.5 Å². The van der Waals surface area contributed by atoms with Crippen LogP contribution >= 0.6 is 57.8 Å². The van der Waals surface area contributed by atoms with Gasteiger partial charge in [0.15, 0.2) is 5.96 Å². The van der Waals surface area contributed by atoms with Crippen molar-refractivity contribution < 1.29 is 43.2 Å². The molecule has 5 rings (SSSR count). The van der Waals surface area contributed by atoms with E-state index < -0.39 is 108 Å². The summed E-state index contributed by atoms with van der Waals surface area (Å²) in [6.45, 7) is 3.78. The van der Waals surface area contributed by atoms with Crippen LogP contribution in [0.25, 0.3) is 0 Å². The molecule has 2 fully saturated rings. The minimum Gasteiger partial charge on any atom is -0.370 e. The number of carbonyl (C=O) groups excluding carboxylic acids is 9. The highest BCUT2D eigenvalue weighted by Gasteiger charge is 2.41. The maximum absolute atomic E-state index is 14.6. The normalized spacial score (nSPS) is 22.1. The fourth-order valence-electron chi connectivity index (χ4n) is 7.74. The molecule has 396 valence electrons. The van der Waals surface area contributed by atoms with E-state index >= 15 is 0 Å². The van der Waals surface area contributed by atoms with E-state index in [0.29, 0.717) is 22.8 Å². The Labute approximate surface area is 444 Å². The first kappa shape index (κ1) is 58.0. The van der Waals surface area contributed by atoms with Crippen LogP contribution in [-0.2, 0) is 62.5 Å². The number of nitrogens with zero attached hydrogens (tertiary/aromatic N) is 1. The zero-order valence-electron chi connectivity index (χ0n) is 40.4. The van der Waals surface area contributed by atoms with Crippen LogP contribution in [0.4, 0.5) is 0 Å². The molecule has 0 saturated carbocycles. The van der Waals surface area contributed by atoms with Gasteiger partial charge in [0.2, 0.25) is 53.2 Å². The Bertz CT molecular complexity index is 2400. The number of thiophene rings is 2. The van der Waals surface area contributed by atoms with E-state index in [-0.39, 0.29) is 68.5 Å². The summed E-state index contributed by atoms with van der Waals surface area (Å²) >= 11 is 11.4. The summed E-state index contributed by atoms with van der Waals surface area (Å²) in [7, 11) is 0. The molecule has 2 aromatic heterocycles. The lowest BCUT2D eigenvalue weighted by Crippen LogP contribution is -2.61. The topological polar surface area (TPSA) is 329 Å². The van der Waals surface area contributed by atoms with Crippen molar-refractivity contribution in [3.8, 4) is 0 Å². The van der Waals surface area contributed by atoms with Crippen LogP contribution in [0.5, 0.6) is 0 Å². The highest BCUT2D eigenvalue weighted by Crippen LogP contribution is 2.24. The van der Waals surface area contributed by atoms with E-state index in [1.807, 2.05) is 22.9 Å². The Balaban J connectivity index is 1.40. The van der Waals surface area contributed by atoms with Crippen molar-refractivity contribution in [2.45, 2.75) is 108 Å². The number of benzene rings is 1. The van der Waals surface area contributed by atoms with Gasteiger partial charge >= 0.3 is 0 Å². The highest BCUT2D eigenvalue weighted by molar-refractivity contribution is 7.99. The molecule has 9 amide bonds. The molecule has 4 heterocycles. The van der Waals surface area contributed by atoms with Gasteiger partial charge in [-0.25, -0.2) is 0 Å². The van der Waals surface area contributed by atoms with Crippen molar-refractivity contribution in [3.05, 3.63) is 79.6 Å². The van der Waals surface area contributed by atoms with Gasteiger partial charge in [0.25, 0.3) is 0 Å². The lowest BCUT2D eigenvalue weighted by molar-refractivity contribution is -0.142. The van der Waals surface area contributed by atoms with E-state index in [0.717, 1.165) is 9.75 Å². The van der Waals surface area contributed by atoms with Crippen LogP contribution in [0.2, 0.25) is 5.02 Å². The van der Waals surface area contributed by atoms with Gasteiger partial charge in [-0.15, -0.1) is 34.4 Å². The molecule has 0 aliphatic carbocycles. The second-order valence-corrected chi connectivity index (χ2v) is 22.3. The average molecular weight is 1100 g/mol. The number of halogens is 1. The molecule has 13 N–H and O–H groups in total. The van der Waals surface area contributed by atoms with Gasteiger partial charge in [-0.1, -0.05) is 49.7 Å². The molecule has 2 saturated heterocycles. The SMILES string of the molecule is CC(C)[C@@H]1NC(=O)[C@H](Cc2cccs2)NC(=O)[C@H](Cc2ccc(Cl)cc2)NC(=O)CCCSC[C@@H](C(=O)N2CSC[C@H]2C(=O)N[C@H](CCCNC(=N)N)C(=O)NCc2cccs2)NC(=O)[C@H](CC(N)=O)NC1=O. The monoisotopic (exact) mass is 1100 g/mol. The largest absolute Gasteiger partial charge is 0.370 e. The van der Waals surface area contributed by atoms with E-state index in [2.05, 4.69) is 42.5 Å². The Morgan fingerprint density at radius 2 is 1.45 bits per heavy atom. The number of primary amides is 1. The molecule has 2 aliphatic rings. The van der Waals surface area contributed by atoms with Gasteiger partial charge in [0.05, 0.1) is 18.8 Å². The fraction of sp³-hybridized carbons (Fsp3) is 0.489. The fourth-order valence-corrected chi connectivity index (χ4v) is 11.4. The first-order valence-corrected chi connectivity index (χ1v) is 28.0. The van der Waals surface area contributed by atoms with Crippen molar-refractivity contribution in [1.29, 1.82) is 5.41 Å². The van der Waals surface area contributed by atoms with Gasteiger partial charge in [-0.3, -0.25) is 48.6 Å². The maximum Gasteiger partial charge on any atom is 0.247 e. The zero-order chi connectivity index (χ0) is 53.0. The molecule has 0 spiro atoms. The lowest BCUT2D eigenvalue weighted by Gasteiger charge is -2.31.